The lowest BCUT2D eigenvalue weighted by Gasteiger charge is -2.26. The molecule has 1 atom stereocenters. The minimum atomic E-state index is -1.11. The van der Waals surface area contributed by atoms with Gasteiger partial charge in [0.05, 0.1) is 18.4 Å². The molecule has 22 heavy (non-hydrogen) atoms. The highest BCUT2D eigenvalue weighted by molar-refractivity contribution is 9.10. The second-order valence-electron chi connectivity index (χ2n) is 5.12. The third-order valence-corrected chi connectivity index (χ3v) is 4.13. The lowest BCUT2D eigenvalue weighted by molar-refractivity contribution is 0.0690. The van der Waals surface area contributed by atoms with Crippen molar-refractivity contribution >= 4 is 27.7 Å². The molecule has 1 N–H and O–H groups in total. The van der Waals surface area contributed by atoms with Crippen LogP contribution < -0.4 is 4.90 Å². The van der Waals surface area contributed by atoms with Crippen LogP contribution in [0.15, 0.2) is 35.1 Å². The molecule has 1 aliphatic heterocycles. The second kappa shape index (κ2) is 6.00. The van der Waals surface area contributed by atoms with Gasteiger partial charge in [-0.15, -0.1) is 0 Å². The Bertz CT molecular complexity index is 688. The molecule has 114 valence electrons. The number of benzene rings is 1. The van der Waals surface area contributed by atoms with E-state index in [0.29, 0.717) is 10.3 Å². The van der Waals surface area contributed by atoms with Gasteiger partial charge in [-0.3, -0.25) is 0 Å². The first-order valence-corrected chi connectivity index (χ1v) is 7.62. The molecular weight excluding hydrogens is 353 g/mol. The van der Waals surface area contributed by atoms with E-state index in [1.165, 1.54) is 24.5 Å². The van der Waals surface area contributed by atoms with E-state index in [-0.39, 0.29) is 17.6 Å². The van der Waals surface area contributed by atoms with Crippen molar-refractivity contribution in [2.24, 2.45) is 0 Å². The molecular formula is C15H13BrFN3O2. The van der Waals surface area contributed by atoms with Crippen molar-refractivity contribution in [2.75, 3.05) is 11.4 Å². The number of anilines is 1. The summed E-state index contributed by atoms with van der Waals surface area (Å²) in [6, 6.07) is 4.85. The first-order valence-electron chi connectivity index (χ1n) is 6.82. The smallest absolute Gasteiger partial charge is 0.356 e. The van der Waals surface area contributed by atoms with Crippen molar-refractivity contribution in [3.8, 4) is 0 Å². The number of carbonyl (C=O) groups is 1. The van der Waals surface area contributed by atoms with E-state index < -0.39 is 5.97 Å². The van der Waals surface area contributed by atoms with E-state index in [4.69, 9.17) is 5.11 Å². The topological polar surface area (TPSA) is 66.3 Å². The Hall–Kier alpha value is -2.02. The Kier molecular flexibility index (Phi) is 4.06. The molecule has 2 aromatic rings. The van der Waals surface area contributed by atoms with Gasteiger partial charge in [0.2, 0.25) is 0 Å². The zero-order valence-electron chi connectivity index (χ0n) is 11.5. The van der Waals surface area contributed by atoms with Crippen LogP contribution in [0.5, 0.6) is 0 Å². The summed E-state index contributed by atoms with van der Waals surface area (Å²) in [5.41, 5.74) is 0.779. The van der Waals surface area contributed by atoms with E-state index >= 15 is 0 Å². The van der Waals surface area contributed by atoms with Gasteiger partial charge in [-0.05, 0) is 36.6 Å². The Morgan fingerprint density at radius 3 is 2.77 bits per heavy atom. The summed E-state index contributed by atoms with van der Waals surface area (Å²) >= 11 is 3.31. The number of aromatic carboxylic acids is 1. The molecule has 3 rings (SSSR count). The fraction of sp³-hybridized carbons (Fsp3) is 0.267. The molecule has 1 saturated heterocycles. The van der Waals surface area contributed by atoms with Gasteiger partial charge in [0, 0.05) is 11.0 Å². The van der Waals surface area contributed by atoms with E-state index in [9.17, 15) is 9.18 Å². The molecule has 1 aliphatic rings. The molecule has 0 spiro atoms. The Balaban J connectivity index is 1.91. The number of carboxylic acids is 1. The molecule has 5 nitrogen and oxygen atoms in total. The predicted molar refractivity (Wildman–Crippen MR) is 82.4 cm³/mol. The van der Waals surface area contributed by atoms with Crippen LogP contribution in [0.25, 0.3) is 0 Å². The van der Waals surface area contributed by atoms with E-state index in [1.807, 2.05) is 11.0 Å². The van der Waals surface area contributed by atoms with Gasteiger partial charge in [-0.25, -0.2) is 19.2 Å². The molecule has 7 heteroatoms. The zero-order valence-corrected chi connectivity index (χ0v) is 13.1. The average Bonchev–Trinajstić information content (AvgIpc) is 2.95. The van der Waals surface area contributed by atoms with Gasteiger partial charge in [0.15, 0.2) is 5.69 Å². The van der Waals surface area contributed by atoms with Crippen molar-refractivity contribution in [1.82, 2.24) is 9.97 Å². The highest BCUT2D eigenvalue weighted by Gasteiger charge is 2.28. The minimum absolute atomic E-state index is 0.0111. The normalized spacial score (nSPS) is 17.7. The van der Waals surface area contributed by atoms with Crippen LogP contribution in [0.3, 0.4) is 0 Å². The third kappa shape index (κ3) is 2.94. The van der Waals surface area contributed by atoms with Gasteiger partial charge in [-0.1, -0.05) is 15.9 Å². The first-order chi connectivity index (χ1) is 10.5. The summed E-state index contributed by atoms with van der Waals surface area (Å²) in [6.07, 6.45) is 4.55. The molecule has 0 aliphatic carbocycles. The van der Waals surface area contributed by atoms with Crippen LogP contribution in [0.1, 0.15) is 34.9 Å². The molecule has 0 saturated carbocycles. The summed E-state index contributed by atoms with van der Waals surface area (Å²) in [7, 11) is 0. The summed E-state index contributed by atoms with van der Waals surface area (Å²) in [4.78, 5) is 20.9. The van der Waals surface area contributed by atoms with Crippen molar-refractivity contribution in [1.29, 1.82) is 0 Å². The molecule has 0 radical (unpaired) electrons. The van der Waals surface area contributed by atoms with Crippen molar-refractivity contribution in [3.63, 3.8) is 0 Å². The lowest BCUT2D eigenvalue weighted by atomic mass is 10.0. The average molecular weight is 366 g/mol. The Labute approximate surface area is 134 Å². The fourth-order valence-corrected chi connectivity index (χ4v) is 3.22. The number of rotatable bonds is 3. The van der Waals surface area contributed by atoms with E-state index in [0.717, 1.165) is 24.9 Å². The van der Waals surface area contributed by atoms with Crippen molar-refractivity contribution in [3.05, 3.63) is 52.1 Å². The number of hydrogen-bond donors (Lipinski definition) is 1. The monoisotopic (exact) mass is 365 g/mol. The second-order valence-corrected chi connectivity index (χ2v) is 6.03. The fourth-order valence-electron chi connectivity index (χ4n) is 2.74. The van der Waals surface area contributed by atoms with Crippen LogP contribution in [0, 0.1) is 5.82 Å². The van der Waals surface area contributed by atoms with Gasteiger partial charge in [0.25, 0.3) is 0 Å². The number of nitrogens with zero attached hydrogens (tertiary/aromatic N) is 3. The minimum Gasteiger partial charge on any atom is -0.476 e. The number of aromatic nitrogens is 2. The van der Waals surface area contributed by atoms with Gasteiger partial charge >= 0.3 is 5.97 Å². The van der Waals surface area contributed by atoms with E-state index in [2.05, 4.69) is 25.9 Å². The maximum Gasteiger partial charge on any atom is 0.356 e. The molecule has 1 aromatic carbocycles. The van der Waals surface area contributed by atoms with Crippen LogP contribution in [-0.4, -0.2) is 27.6 Å². The predicted octanol–water partition coefficient (Wildman–Crippen LogP) is 3.42. The molecule has 0 bridgehead atoms. The van der Waals surface area contributed by atoms with E-state index in [1.54, 1.807) is 0 Å². The molecule has 1 unspecified atom stereocenters. The molecule has 1 fully saturated rings. The molecule has 0 amide bonds. The van der Waals surface area contributed by atoms with Crippen LogP contribution >= 0.6 is 15.9 Å². The van der Waals surface area contributed by atoms with Crippen LogP contribution in [0.4, 0.5) is 10.2 Å². The number of hydrogen-bond acceptors (Lipinski definition) is 4. The van der Waals surface area contributed by atoms with Crippen molar-refractivity contribution in [2.45, 2.75) is 18.9 Å². The van der Waals surface area contributed by atoms with Gasteiger partial charge in [-0.2, -0.15) is 0 Å². The molecule has 1 aromatic heterocycles. The number of halogens is 2. The van der Waals surface area contributed by atoms with Gasteiger partial charge < -0.3 is 10.0 Å². The summed E-state index contributed by atoms with van der Waals surface area (Å²) < 4.78 is 14.3. The standard InChI is InChI=1S/C15H13BrFN3O2/c16-10-4-9(5-11(17)6-10)13-2-1-3-20(13)14-8-18-12(7-19-14)15(21)22/h4-8,13H,1-3H2,(H,21,22). The molecule has 2 heterocycles. The largest absolute Gasteiger partial charge is 0.476 e. The summed E-state index contributed by atoms with van der Waals surface area (Å²) in [5.74, 6) is -0.789. The Morgan fingerprint density at radius 2 is 2.14 bits per heavy atom. The summed E-state index contributed by atoms with van der Waals surface area (Å²) in [5, 5.41) is 8.87. The SMILES string of the molecule is O=C(O)c1cnc(N2CCCC2c2cc(F)cc(Br)c2)cn1. The van der Waals surface area contributed by atoms with Crippen LogP contribution in [0.2, 0.25) is 0 Å². The lowest BCUT2D eigenvalue weighted by Crippen LogP contribution is -2.24. The maximum absolute atomic E-state index is 13.6. The van der Waals surface area contributed by atoms with Crippen LogP contribution in [-0.2, 0) is 0 Å². The zero-order chi connectivity index (χ0) is 15.7. The quantitative estimate of drug-likeness (QED) is 0.902. The maximum atomic E-state index is 13.6. The van der Waals surface area contributed by atoms with Gasteiger partial charge in [0.1, 0.15) is 11.6 Å². The third-order valence-electron chi connectivity index (χ3n) is 3.67. The summed E-state index contributed by atoms with van der Waals surface area (Å²) in [6.45, 7) is 0.778. The Morgan fingerprint density at radius 1 is 1.32 bits per heavy atom. The number of carboxylic acid groups (broad SMARTS) is 1. The first kappa shape index (κ1) is 14.9. The van der Waals surface area contributed by atoms with Crippen molar-refractivity contribution < 1.29 is 14.3 Å². The highest BCUT2D eigenvalue weighted by atomic mass is 79.9. The highest BCUT2D eigenvalue weighted by Crippen LogP contribution is 2.36.